The maximum atomic E-state index is 14.0. The molecule has 1 aromatic rings. The largest absolute Gasteiger partial charge is 0.506 e. The van der Waals surface area contributed by atoms with Gasteiger partial charge in [0.05, 0.1) is 34.3 Å². The van der Waals surface area contributed by atoms with Crippen molar-refractivity contribution in [1.82, 2.24) is 4.90 Å². The molecule has 0 amide bonds. The summed E-state index contributed by atoms with van der Waals surface area (Å²) in [6.07, 6.45) is -4.28. The first kappa shape index (κ1) is 38.6. The van der Waals surface area contributed by atoms with Crippen LogP contribution in [-0.2, 0) is 25.9 Å². The number of allylic oxidation sites excluding steroid dienone is 7. The summed E-state index contributed by atoms with van der Waals surface area (Å²) in [5.74, 6) is -1.17. The van der Waals surface area contributed by atoms with E-state index in [2.05, 4.69) is 0 Å². The van der Waals surface area contributed by atoms with Crippen LogP contribution in [0.3, 0.4) is 0 Å². The van der Waals surface area contributed by atoms with Gasteiger partial charge < -0.3 is 19.5 Å². The Morgan fingerprint density at radius 2 is 1.61 bits per heavy atom. The molecule has 3 atom stereocenters. The SMILES string of the molecule is COC(C)CCN1C2=C(C(C)CC(C(F)(F)F)=C2)C(C)(C)/C1=C/C1=C(O)C(=C\C2=[N+](CCC(C)OC)c3cc(C(F)(F)F)ccc3C2(C)C)/C1=O. The molecule has 2 aliphatic carbocycles. The number of aliphatic hydroxyl groups is 1. The molecule has 1 N–H and O–H groups in total. The number of hydrogen-bond acceptors (Lipinski definition) is 5. The number of ketones is 1. The quantitative estimate of drug-likeness (QED) is 0.148. The maximum Gasteiger partial charge on any atom is 0.416 e. The third-order valence-corrected chi connectivity index (χ3v) is 11.0. The second-order valence-corrected chi connectivity index (χ2v) is 15.1. The van der Waals surface area contributed by atoms with E-state index < -0.39 is 46.0 Å². The van der Waals surface area contributed by atoms with Crippen molar-refractivity contribution in [3.05, 3.63) is 87.0 Å². The predicted molar refractivity (Wildman–Crippen MR) is 183 cm³/mol. The lowest BCUT2D eigenvalue weighted by molar-refractivity contribution is -0.440. The highest BCUT2D eigenvalue weighted by atomic mass is 19.4. The number of benzene rings is 1. The summed E-state index contributed by atoms with van der Waals surface area (Å²) in [7, 11) is 3.11. The van der Waals surface area contributed by atoms with Crippen molar-refractivity contribution >= 4 is 17.2 Å². The van der Waals surface area contributed by atoms with Crippen LogP contribution in [0, 0.1) is 11.3 Å². The van der Waals surface area contributed by atoms with Crippen LogP contribution in [0.2, 0.25) is 0 Å². The fourth-order valence-corrected chi connectivity index (χ4v) is 7.85. The van der Waals surface area contributed by atoms with Gasteiger partial charge in [-0.3, -0.25) is 4.79 Å². The van der Waals surface area contributed by atoms with E-state index in [1.54, 1.807) is 37.9 Å². The number of methoxy groups -OCH3 is 2. The molecule has 2 aliphatic heterocycles. The van der Waals surface area contributed by atoms with E-state index in [-0.39, 0.29) is 35.5 Å². The Morgan fingerprint density at radius 3 is 2.18 bits per heavy atom. The number of fused-ring (bicyclic) bond motifs is 1. The minimum absolute atomic E-state index is 0.0132. The first-order chi connectivity index (χ1) is 23.5. The van der Waals surface area contributed by atoms with Crippen molar-refractivity contribution in [3.8, 4) is 0 Å². The zero-order valence-electron chi connectivity index (χ0n) is 30.6. The number of aliphatic hydroxyl groups excluding tert-OH is 1. The number of halogens is 6. The highest BCUT2D eigenvalue weighted by Crippen LogP contribution is 2.55. The van der Waals surface area contributed by atoms with E-state index in [0.29, 0.717) is 54.3 Å². The minimum Gasteiger partial charge on any atom is -0.506 e. The summed E-state index contributed by atoms with van der Waals surface area (Å²) in [6.45, 7) is 13.7. The lowest BCUT2D eigenvalue weighted by Crippen LogP contribution is -2.32. The first-order valence-electron chi connectivity index (χ1n) is 17.2. The smallest absolute Gasteiger partial charge is 0.416 e. The highest BCUT2D eigenvalue weighted by molar-refractivity contribution is 6.24. The topological polar surface area (TPSA) is 62.0 Å². The second-order valence-electron chi connectivity index (χ2n) is 15.1. The minimum atomic E-state index is -4.56. The molecule has 0 aromatic heterocycles. The van der Waals surface area contributed by atoms with Crippen molar-refractivity contribution in [3.63, 3.8) is 0 Å². The van der Waals surface area contributed by atoms with Crippen LogP contribution < -0.4 is 0 Å². The fourth-order valence-electron chi connectivity index (χ4n) is 7.85. The Bertz CT molecular complexity index is 1810. The van der Waals surface area contributed by atoms with Crippen LogP contribution in [0.25, 0.3) is 0 Å². The van der Waals surface area contributed by atoms with Crippen molar-refractivity contribution in [2.75, 3.05) is 27.3 Å². The van der Waals surface area contributed by atoms with Crippen molar-refractivity contribution in [2.24, 2.45) is 11.3 Å². The Balaban J connectivity index is 1.61. The summed E-state index contributed by atoms with van der Waals surface area (Å²) in [5, 5.41) is 11.4. The van der Waals surface area contributed by atoms with Gasteiger partial charge >= 0.3 is 12.4 Å². The van der Waals surface area contributed by atoms with E-state index in [0.717, 1.165) is 17.7 Å². The van der Waals surface area contributed by atoms with E-state index >= 15 is 0 Å². The lowest BCUT2D eigenvalue weighted by Gasteiger charge is -2.32. The Morgan fingerprint density at radius 1 is 0.980 bits per heavy atom. The zero-order valence-corrected chi connectivity index (χ0v) is 30.6. The number of nitrogens with zero attached hydrogens (tertiary/aromatic N) is 2. The van der Waals surface area contributed by atoms with Gasteiger partial charge in [0.25, 0.3) is 0 Å². The molecule has 6 nitrogen and oxygen atoms in total. The van der Waals surface area contributed by atoms with E-state index in [9.17, 15) is 36.2 Å². The zero-order chi connectivity index (χ0) is 38.0. The molecule has 4 aliphatic rings. The number of carbonyl (C=O) groups is 1. The van der Waals surface area contributed by atoms with Gasteiger partial charge in [-0.1, -0.05) is 26.8 Å². The molecule has 5 rings (SSSR count). The molecule has 51 heavy (non-hydrogen) atoms. The van der Waals surface area contributed by atoms with Gasteiger partial charge in [0.2, 0.25) is 11.5 Å². The highest BCUT2D eigenvalue weighted by Gasteiger charge is 2.51. The number of hydrogen-bond donors (Lipinski definition) is 1. The van der Waals surface area contributed by atoms with Crippen LogP contribution in [-0.4, -0.2) is 71.8 Å². The molecule has 0 saturated carbocycles. The third kappa shape index (κ3) is 6.86. The maximum absolute atomic E-state index is 14.0. The van der Waals surface area contributed by atoms with E-state index in [1.165, 1.54) is 12.1 Å². The average Bonchev–Trinajstić information content (AvgIpc) is 3.40. The molecule has 0 saturated heterocycles. The molecular formula is C39H47F6N2O4+. The summed E-state index contributed by atoms with van der Waals surface area (Å²) >= 11 is 0. The number of rotatable bonds is 10. The third-order valence-electron chi connectivity index (χ3n) is 11.0. The number of ether oxygens (including phenoxy) is 2. The number of carbonyl (C=O) groups excluding carboxylic acids is 1. The summed E-state index contributed by atoms with van der Waals surface area (Å²) in [6, 6.07) is 3.62. The summed E-state index contributed by atoms with van der Waals surface area (Å²) in [4.78, 5) is 15.7. The molecule has 0 spiro atoms. The van der Waals surface area contributed by atoms with Crippen LogP contribution >= 0.6 is 0 Å². The molecule has 0 fully saturated rings. The van der Waals surface area contributed by atoms with Crippen LogP contribution in [0.15, 0.2) is 75.9 Å². The normalized spacial score (nSPS) is 24.4. The van der Waals surface area contributed by atoms with Gasteiger partial charge in [-0.05, 0) is 70.2 Å². The van der Waals surface area contributed by atoms with E-state index in [1.807, 2.05) is 46.4 Å². The fraction of sp³-hybridized carbons (Fsp3) is 0.538. The van der Waals surface area contributed by atoms with E-state index in [4.69, 9.17) is 9.47 Å². The lowest BCUT2D eigenvalue weighted by atomic mass is 9.72. The van der Waals surface area contributed by atoms with Crippen molar-refractivity contribution < 1.29 is 50.3 Å². The van der Waals surface area contributed by atoms with Crippen molar-refractivity contribution in [1.29, 1.82) is 0 Å². The molecule has 1 aromatic carbocycles. The Kier molecular flexibility index (Phi) is 10.1. The van der Waals surface area contributed by atoms with Gasteiger partial charge in [0, 0.05) is 67.3 Å². The number of Topliss-reactive ketones (excluding diaryl/α,β-unsaturated/α-hetero) is 1. The Labute approximate surface area is 295 Å². The van der Waals surface area contributed by atoms with Gasteiger partial charge in [-0.25, -0.2) is 0 Å². The van der Waals surface area contributed by atoms with Gasteiger partial charge in [0.15, 0.2) is 12.3 Å². The molecule has 0 bridgehead atoms. The van der Waals surface area contributed by atoms with Crippen LogP contribution in [0.5, 0.6) is 0 Å². The van der Waals surface area contributed by atoms with Gasteiger partial charge in [-0.2, -0.15) is 30.9 Å². The Hall–Kier alpha value is -3.64. The molecule has 12 heteroatoms. The predicted octanol–water partition coefficient (Wildman–Crippen LogP) is 9.26. The van der Waals surface area contributed by atoms with Crippen LogP contribution in [0.4, 0.5) is 32.0 Å². The second kappa shape index (κ2) is 13.4. The molecule has 278 valence electrons. The molecule has 0 radical (unpaired) electrons. The molecular weight excluding hydrogens is 674 g/mol. The molecule has 3 unspecified atom stereocenters. The number of alkyl halides is 6. The van der Waals surface area contributed by atoms with Gasteiger partial charge in [-0.15, -0.1) is 0 Å². The average molecular weight is 722 g/mol. The monoisotopic (exact) mass is 721 g/mol. The molecule has 2 heterocycles. The van der Waals surface area contributed by atoms with Gasteiger partial charge in [0.1, 0.15) is 5.76 Å². The van der Waals surface area contributed by atoms with Crippen LogP contribution in [0.1, 0.15) is 78.9 Å². The first-order valence-corrected chi connectivity index (χ1v) is 17.2. The van der Waals surface area contributed by atoms with Crippen molar-refractivity contribution in [2.45, 2.75) is 97.7 Å². The standard InChI is InChI=1S/C39H46F6N2O4/c1-21-16-25(39(43,44)45)18-30-33(21)37(6,7)32(47(30)15-13-23(3)51-9)20-27-34(48)26(35(27)49)19-31-36(4,5)28-11-10-24(38(40,41)42)17-29(28)46(31)14-12-22(2)50-8/h10-11,17-23H,12-16H2,1-9H3/p+1. The summed E-state index contributed by atoms with van der Waals surface area (Å²) < 4.78 is 95.9. The summed E-state index contributed by atoms with van der Waals surface area (Å²) in [5.41, 5.74) is 0.476.